The van der Waals surface area contributed by atoms with Crippen molar-refractivity contribution in [3.8, 4) is 0 Å². The monoisotopic (exact) mass is 185 g/mol. The summed E-state index contributed by atoms with van der Waals surface area (Å²) in [6, 6.07) is 8.57. The fourth-order valence-corrected chi connectivity index (χ4v) is 2.66. The van der Waals surface area contributed by atoms with Crippen LogP contribution in [0.4, 0.5) is 5.69 Å². The second-order valence-electron chi connectivity index (χ2n) is 4.57. The van der Waals surface area contributed by atoms with Gasteiger partial charge in [-0.25, -0.2) is 0 Å². The van der Waals surface area contributed by atoms with Crippen molar-refractivity contribution < 1.29 is 0 Å². The summed E-state index contributed by atoms with van der Waals surface area (Å²) in [5.41, 5.74) is 4.47. The molecule has 3 rings (SSSR count). The molecule has 1 aromatic carbocycles. The molecule has 1 aromatic rings. The van der Waals surface area contributed by atoms with Crippen molar-refractivity contribution in [1.29, 1.82) is 0 Å². The molecule has 0 amide bonds. The van der Waals surface area contributed by atoms with E-state index >= 15 is 0 Å². The molecule has 0 bridgehead atoms. The zero-order valence-corrected chi connectivity index (χ0v) is 8.51. The van der Waals surface area contributed by atoms with Gasteiger partial charge in [0.05, 0.1) is 5.54 Å². The van der Waals surface area contributed by atoms with Gasteiger partial charge in [-0.15, -0.1) is 0 Å². The molecule has 1 N–H and O–H groups in total. The predicted molar refractivity (Wildman–Crippen MR) is 60.3 cm³/mol. The van der Waals surface area contributed by atoms with Gasteiger partial charge in [0, 0.05) is 5.69 Å². The molecule has 72 valence electrons. The topological polar surface area (TPSA) is 12.0 Å². The van der Waals surface area contributed by atoms with Crippen molar-refractivity contribution in [2.24, 2.45) is 0 Å². The number of para-hydroxylation sites is 1. The first kappa shape index (κ1) is 8.10. The first-order valence-corrected chi connectivity index (χ1v) is 5.36. The van der Waals surface area contributed by atoms with Gasteiger partial charge in [-0.1, -0.05) is 24.3 Å². The number of hydrogen-bond donors (Lipinski definition) is 1. The SMILES string of the molecule is CC12CCCC1=Cc1ccccc1N2. The van der Waals surface area contributed by atoms with Crippen LogP contribution in [0.3, 0.4) is 0 Å². The lowest BCUT2D eigenvalue weighted by atomic mass is 9.89. The van der Waals surface area contributed by atoms with Crippen molar-refractivity contribution >= 4 is 11.8 Å². The van der Waals surface area contributed by atoms with Crippen LogP contribution in [0.25, 0.3) is 6.08 Å². The highest BCUT2D eigenvalue weighted by Gasteiger charge is 2.35. The van der Waals surface area contributed by atoms with Gasteiger partial charge in [-0.05, 0) is 43.4 Å². The zero-order chi connectivity index (χ0) is 9.60. The lowest BCUT2D eigenvalue weighted by Gasteiger charge is -2.33. The summed E-state index contributed by atoms with van der Waals surface area (Å²) < 4.78 is 0. The minimum Gasteiger partial charge on any atom is -0.376 e. The summed E-state index contributed by atoms with van der Waals surface area (Å²) in [5, 5.41) is 3.67. The van der Waals surface area contributed by atoms with E-state index in [4.69, 9.17) is 0 Å². The highest BCUT2D eigenvalue weighted by atomic mass is 15.0. The normalized spacial score (nSPS) is 28.8. The van der Waals surface area contributed by atoms with Gasteiger partial charge < -0.3 is 5.32 Å². The molecule has 14 heavy (non-hydrogen) atoms. The van der Waals surface area contributed by atoms with E-state index in [1.54, 1.807) is 5.57 Å². The lowest BCUT2D eigenvalue weighted by molar-refractivity contribution is 0.611. The van der Waals surface area contributed by atoms with Gasteiger partial charge in [0.25, 0.3) is 0 Å². The molecular weight excluding hydrogens is 170 g/mol. The van der Waals surface area contributed by atoms with Crippen molar-refractivity contribution in [3.63, 3.8) is 0 Å². The third kappa shape index (κ3) is 1.02. The van der Waals surface area contributed by atoms with Gasteiger partial charge in [-0.3, -0.25) is 0 Å². The number of rotatable bonds is 0. The van der Waals surface area contributed by atoms with Crippen LogP contribution in [0.15, 0.2) is 29.8 Å². The Labute approximate surface area is 84.8 Å². The van der Waals surface area contributed by atoms with Gasteiger partial charge in [0.2, 0.25) is 0 Å². The van der Waals surface area contributed by atoms with Crippen molar-refractivity contribution in [2.45, 2.75) is 31.7 Å². The number of anilines is 1. The average molecular weight is 185 g/mol. The maximum absolute atomic E-state index is 3.67. The van der Waals surface area contributed by atoms with Crippen LogP contribution in [0.1, 0.15) is 31.7 Å². The lowest BCUT2D eigenvalue weighted by Crippen LogP contribution is -2.35. The fourth-order valence-electron chi connectivity index (χ4n) is 2.66. The summed E-state index contributed by atoms with van der Waals surface area (Å²) in [6.45, 7) is 2.32. The second kappa shape index (κ2) is 2.63. The zero-order valence-electron chi connectivity index (χ0n) is 8.51. The summed E-state index contributed by atoms with van der Waals surface area (Å²) >= 11 is 0. The Balaban J connectivity index is 2.14. The second-order valence-corrected chi connectivity index (χ2v) is 4.57. The highest BCUT2D eigenvalue weighted by Crippen LogP contribution is 2.43. The molecule has 1 aliphatic heterocycles. The smallest absolute Gasteiger partial charge is 0.0560 e. The summed E-state index contributed by atoms with van der Waals surface area (Å²) in [6.07, 6.45) is 6.23. The Morgan fingerprint density at radius 2 is 2.14 bits per heavy atom. The highest BCUT2D eigenvalue weighted by molar-refractivity contribution is 5.75. The van der Waals surface area contributed by atoms with E-state index in [9.17, 15) is 0 Å². The molecular formula is C13H15N. The first-order chi connectivity index (χ1) is 6.78. The Bertz CT molecular complexity index is 405. The Morgan fingerprint density at radius 3 is 3.07 bits per heavy atom. The van der Waals surface area contributed by atoms with Crippen molar-refractivity contribution in [2.75, 3.05) is 5.32 Å². The third-order valence-corrected chi connectivity index (χ3v) is 3.53. The van der Waals surface area contributed by atoms with E-state index in [2.05, 4.69) is 42.6 Å². The van der Waals surface area contributed by atoms with E-state index in [1.165, 1.54) is 30.5 Å². The number of benzene rings is 1. The third-order valence-electron chi connectivity index (χ3n) is 3.53. The number of nitrogens with one attached hydrogen (secondary N) is 1. The van der Waals surface area contributed by atoms with E-state index in [0.717, 1.165) is 0 Å². The molecule has 1 heteroatoms. The molecule has 1 heterocycles. The van der Waals surface area contributed by atoms with E-state index in [0.29, 0.717) is 0 Å². The molecule has 2 aliphatic rings. The van der Waals surface area contributed by atoms with Crippen LogP contribution in [0, 0.1) is 0 Å². The van der Waals surface area contributed by atoms with Crippen LogP contribution >= 0.6 is 0 Å². The van der Waals surface area contributed by atoms with E-state index in [1.807, 2.05) is 0 Å². The van der Waals surface area contributed by atoms with E-state index in [-0.39, 0.29) is 5.54 Å². The van der Waals surface area contributed by atoms with Gasteiger partial charge in [0.1, 0.15) is 0 Å². The maximum Gasteiger partial charge on any atom is 0.0560 e. The quantitative estimate of drug-likeness (QED) is 0.653. The number of fused-ring (bicyclic) bond motifs is 2. The Kier molecular flexibility index (Phi) is 1.52. The molecule has 1 saturated carbocycles. The summed E-state index contributed by atoms with van der Waals surface area (Å²) in [7, 11) is 0. The van der Waals surface area contributed by atoms with E-state index < -0.39 is 0 Å². The molecule has 0 spiro atoms. The minimum atomic E-state index is 0.244. The molecule has 1 nitrogen and oxygen atoms in total. The molecule has 1 aliphatic carbocycles. The van der Waals surface area contributed by atoms with Gasteiger partial charge in [0.15, 0.2) is 0 Å². The summed E-state index contributed by atoms with van der Waals surface area (Å²) in [4.78, 5) is 0. The molecule has 0 saturated heterocycles. The van der Waals surface area contributed by atoms with Crippen LogP contribution in [-0.4, -0.2) is 5.54 Å². The van der Waals surface area contributed by atoms with Crippen molar-refractivity contribution in [1.82, 2.24) is 0 Å². The average Bonchev–Trinajstić information content (AvgIpc) is 2.54. The number of hydrogen-bond acceptors (Lipinski definition) is 1. The maximum atomic E-state index is 3.67. The molecule has 0 aromatic heterocycles. The first-order valence-electron chi connectivity index (χ1n) is 5.36. The molecule has 1 fully saturated rings. The summed E-state index contributed by atoms with van der Waals surface area (Å²) in [5.74, 6) is 0. The Hall–Kier alpha value is -1.24. The fraction of sp³-hybridized carbons (Fsp3) is 0.385. The standard InChI is InChI=1S/C13H15N/c1-13-8-4-6-11(13)9-10-5-2-3-7-12(10)14-13/h2-3,5,7,9,14H,4,6,8H2,1H3. The van der Waals surface area contributed by atoms with Gasteiger partial charge >= 0.3 is 0 Å². The minimum absolute atomic E-state index is 0.244. The predicted octanol–water partition coefficient (Wildman–Crippen LogP) is 3.44. The van der Waals surface area contributed by atoms with Crippen LogP contribution in [-0.2, 0) is 0 Å². The van der Waals surface area contributed by atoms with Crippen molar-refractivity contribution in [3.05, 3.63) is 35.4 Å². The van der Waals surface area contributed by atoms with Crippen LogP contribution < -0.4 is 5.32 Å². The largest absolute Gasteiger partial charge is 0.376 e. The van der Waals surface area contributed by atoms with Gasteiger partial charge in [-0.2, -0.15) is 0 Å². The van der Waals surface area contributed by atoms with Crippen LogP contribution in [0.5, 0.6) is 0 Å². The molecule has 1 atom stereocenters. The molecule has 1 unspecified atom stereocenters. The van der Waals surface area contributed by atoms with Crippen LogP contribution in [0.2, 0.25) is 0 Å². The molecule has 0 radical (unpaired) electrons. The Morgan fingerprint density at radius 1 is 1.29 bits per heavy atom.